The number of hydrogen-bond donors (Lipinski definition) is 1. The highest BCUT2D eigenvalue weighted by atomic mass is 15.2. The van der Waals surface area contributed by atoms with Crippen LogP contribution < -0.4 is 10.2 Å². The third-order valence-corrected chi connectivity index (χ3v) is 2.79. The fourth-order valence-corrected chi connectivity index (χ4v) is 1.74. The van der Waals surface area contributed by atoms with Crippen molar-refractivity contribution in [2.45, 2.75) is 13.8 Å². The minimum atomic E-state index is 0.560. The van der Waals surface area contributed by atoms with Gasteiger partial charge < -0.3 is 5.32 Å². The Morgan fingerprint density at radius 1 is 1.21 bits per heavy atom. The zero-order chi connectivity index (χ0) is 13.8. The van der Waals surface area contributed by atoms with Gasteiger partial charge in [-0.1, -0.05) is 17.7 Å². The Morgan fingerprint density at radius 3 is 2.68 bits per heavy atom. The van der Waals surface area contributed by atoms with Crippen molar-refractivity contribution >= 4 is 17.3 Å². The standard InChI is InChI=1S/C14H15N5/c1-10-4-5-12(11(2)6-10)18-13-7-14(17-9-16-13)19(3)8-15/h4-7,9H,1-3H3,(H,16,17,18). The highest BCUT2D eigenvalue weighted by Gasteiger charge is 2.05. The number of benzene rings is 1. The van der Waals surface area contributed by atoms with E-state index in [0.717, 1.165) is 11.3 Å². The van der Waals surface area contributed by atoms with Crippen molar-refractivity contribution in [1.82, 2.24) is 9.97 Å². The second-order valence-electron chi connectivity index (χ2n) is 4.36. The SMILES string of the molecule is Cc1ccc(Nc2cc(N(C)C#N)ncn2)c(C)c1. The molecule has 1 aromatic carbocycles. The molecule has 0 amide bonds. The fraction of sp³-hybridized carbons (Fsp3) is 0.214. The lowest BCUT2D eigenvalue weighted by Crippen LogP contribution is -2.10. The maximum Gasteiger partial charge on any atom is 0.185 e. The molecule has 1 aromatic heterocycles. The largest absolute Gasteiger partial charge is 0.340 e. The number of nitriles is 1. The molecule has 0 aliphatic carbocycles. The smallest absolute Gasteiger partial charge is 0.185 e. The highest BCUT2D eigenvalue weighted by molar-refractivity contribution is 5.63. The number of nitrogens with zero attached hydrogens (tertiary/aromatic N) is 4. The molecule has 0 unspecified atom stereocenters. The van der Waals surface area contributed by atoms with Crippen LogP contribution in [0.5, 0.6) is 0 Å². The lowest BCUT2D eigenvalue weighted by atomic mass is 10.1. The summed E-state index contributed by atoms with van der Waals surface area (Å²) < 4.78 is 0. The van der Waals surface area contributed by atoms with E-state index in [9.17, 15) is 0 Å². The first-order chi connectivity index (χ1) is 9.10. The summed E-state index contributed by atoms with van der Waals surface area (Å²) in [5.74, 6) is 1.23. The first kappa shape index (κ1) is 12.8. The molecular formula is C14H15N5. The molecule has 0 spiro atoms. The number of nitrogens with one attached hydrogen (secondary N) is 1. The van der Waals surface area contributed by atoms with Gasteiger partial charge in [0.1, 0.15) is 18.0 Å². The van der Waals surface area contributed by atoms with Crippen molar-refractivity contribution in [3.8, 4) is 6.19 Å². The monoisotopic (exact) mass is 253 g/mol. The number of rotatable bonds is 3. The normalized spacial score (nSPS) is 9.79. The molecule has 96 valence electrons. The molecule has 19 heavy (non-hydrogen) atoms. The summed E-state index contributed by atoms with van der Waals surface area (Å²) in [7, 11) is 1.66. The van der Waals surface area contributed by atoms with Crippen LogP contribution in [0.3, 0.4) is 0 Å². The zero-order valence-electron chi connectivity index (χ0n) is 11.2. The molecule has 1 heterocycles. The van der Waals surface area contributed by atoms with Crippen molar-refractivity contribution in [2.75, 3.05) is 17.3 Å². The van der Waals surface area contributed by atoms with E-state index >= 15 is 0 Å². The Hall–Kier alpha value is -2.61. The van der Waals surface area contributed by atoms with E-state index in [1.165, 1.54) is 16.8 Å². The van der Waals surface area contributed by atoms with Crippen LogP contribution >= 0.6 is 0 Å². The molecule has 0 atom stereocenters. The molecule has 2 rings (SSSR count). The summed E-state index contributed by atoms with van der Waals surface area (Å²) in [6, 6.07) is 7.90. The van der Waals surface area contributed by atoms with Crippen molar-refractivity contribution in [3.63, 3.8) is 0 Å². The summed E-state index contributed by atoms with van der Waals surface area (Å²) in [5.41, 5.74) is 3.36. The van der Waals surface area contributed by atoms with Gasteiger partial charge in [-0.05, 0) is 25.5 Å². The van der Waals surface area contributed by atoms with Crippen molar-refractivity contribution < 1.29 is 0 Å². The first-order valence-electron chi connectivity index (χ1n) is 5.90. The Balaban J connectivity index is 2.26. The Bertz CT molecular complexity index is 630. The molecule has 0 aliphatic heterocycles. The van der Waals surface area contributed by atoms with Crippen LogP contribution in [-0.2, 0) is 0 Å². The minimum absolute atomic E-state index is 0.560. The van der Waals surface area contributed by atoms with Crippen molar-refractivity contribution in [2.24, 2.45) is 0 Å². The van der Waals surface area contributed by atoms with Gasteiger partial charge in [0.15, 0.2) is 6.19 Å². The third-order valence-electron chi connectivity index (χ3n) is 2.79. The molecule has 5 heteroatoms. The Morgan fingerprint density at radius 2 is 2.00 bits per heavy atom. The van der Waals surface area contributed by atoms with Crippen LogP contribution in [0, 0.1) is 25.3 Å². The third kappa shape index (κ3) is 2.99. The van der Waals surface area contributed by atoms with E-state index in [1.807, 2.05) is 25.2 Å². The Kier molecular flexibility index (Phi) is 3.62. The summed E-state index contributed by atoms with van der Waals surface area (Å²) >= 11 is 0. The van der Waals surface area contributed by atoms with E-state index in [-0.39, 0.29) is 0 Å². The van der Waals surface area contributed by atoms with Gasteiger partial charge in [0, 0.05) is 18.8 Å². The molecule has 0 saturated carbocycles. The maximum absolute atomic E-state index is 8.84. The summed E-state index contributed by atoms with van der Waals surface area (Å²) in [6.45, 7) is 4.10. The lowest BCUT2D eigenvalue weighted by Gasteiger charge is -2.12. The molecule has 1 N–H and O–H groups in total. The van der Waals surface area contributed by atoms with Crippen molar-refractivity contribution in [1.29, 1.82) is 5.26 Å². The van der Waals surface area contributed by atoms with Gasteiger partial charge in [-0.15, -0.1) is 0 Å². The van der Waals surface area contributed by atoms with Gasteiger partial charge in [0.25, 0.3) is 0 Å². The van der Waals surface area contributed by atoms with Gasteiger partial charge in [-0.2, -0.15) is 5.26 Å². The lowest BCUT2D eigenvalue weighted by molar-refractivity contribution is 1.08. The maximum atomic E-state index is 8.84. The van der Waals surface area contributed by atoms with Crippen LogP contribution in [0.2, 0.25) is 0 Å². The number of hydrogen-bond acceptors (Lipinski definition) is 5. The molecule has 0 fully saturated rings. The van der Waals surface area contributed by atoms with Crippen LogP contribution in [0.15, 0.2) is 30.6 Å². The molecule has 0 radical (unpaired) electrons. The summed E-state index contributed by atoms with van der Waals surface area (Å²) in [6.07, 6.45) is 3.45. The van der Waals surface area contributed by atoms with Crippen LogP contribution in [0.25, 0.3) is 0 Å². The average Bonchev–Trinajstić information content (AvgIpc) is 2.41. The first-order valence-corrected chi connectivity index (χ1v) is 5.90. The molecule has 5 nitrogen and oxygen atoms in total. The van der Waals surface area contributed by atoms with Gasteiger partial charge in [0.05, 0.1) is 0 Å². The van der Waals surface area contributed by atoms with E-state index in [0.29, 0.717) is 11.6 Å². The second kappa shape index (κ2) is 5.36. The van der Waals surface area contributed by atoms with Crippen LogP contribution in [0.4, 0.5) is 17.3 Å². The zero-order valence-corrected chi connectivity index (χ0v) is 11.2. The van der Waals surface area contributed by atoms with Crippen LogP contribution in [-0.4, -0.2) is 17.0 Å². The van der Waals surface area contributed by atoms with E-state index in [1.54, 1.807) is 13.1 Å². The van der Waals surface area contributed by atoms with E-state index in [2.05, 4.69) is 28.3 Å². The number of aromatic nitrogens is 2. The molecule has 2 aromatic rings. The molecular weight excluding hydrogens is 238 g/mol. The minimum Gasteiger partial charge on any atom is -0.340 e. The van der Waals surface area contributed by atoms with E-state index < -0.39 is 0 Å². The second-order valence-corrected chi connectivity index (χ2v) is 4.36. The van der Waals surface area contributed by atoms with Crippen LogP contribution in [0.1, 0.15) is 11.1 Å². The molecule has 0 bridgehead atoms. The number of anilines is 3. The molecule has 0 aliphatic rings. The molecule has 0 saturated heterocycles. The Labute approximate surface area is 112 Å². The predicted molar refractivity (Wildman–Crippen MR) is 75.2 cm³/mol. The van der Waals surface area contributed by atoms with Crippen molar-refractivity contribution in [3.05, 3.63) is 41.7 Å². The fourth-order valence-electron chi connectivity index (χ4n) is 1.74. The summed E-state index contributed by atoms with van der Waals surface area (Å²) in [4.78, 5) is 9.58. The van der Waals surface area contributed by atoms with Gasteiger partial charge >= 0.3 is 0 Å². The quantitative estimate of drug-likeness (QED) is 0.673. The van der Waals surface area contributed by atoms with Gasteiger partial charge in [0.2, 0.25) is 0 Å². The summed E-state index contributed by atoms with van der Waals surface area (Å²) in [5, 5.41) is 12.1. The average molecular weight is 253 g/mol. The van der Waals surface area contributed by atoms with E-state index in [4.69, 9.17) is 5.26 Å². The van der Waals surface area contributed by atoms with Gasteiger partial charge in [-0.3, -0.25) is 4.90 Å². The predicted octanol–water partition coefficient (Wildman–Crippen LogP) is 2.75. The van der Waals surface area contributed by atoms with Gasteiger partial charge in [-0.25, -0.2) is 9.97 Å². The number of aryl methyl sites for hydroxylation is 2. The highest BCUT2D eigenvalue weighted by Crippen LogP contribution is 2.21. The topological polar surface area (TPSA) is 64.8 Å².